The number of anilines is 1. The highest BCUT2D eigenvalue weighted by Crippen LogP contribution is 2.26. The number of aryl methyl sites for hydroxylation is 1. The third-order valence-electron chi connectivity index (χ3n) is 4.96. The Morgan fingerprint density at radius 3 is 2.44 bits per heavy atom. The van der Waals surface area contributed by atoms with Crippen LogP contribution in [0.1, 0.15) is 12.3 Å². The standard InChI is InChI=1S/C25H18ClN3O3/c26-18-9-5-16(6-10-18)22-15-27-24(31-22)14-13-23(30)28-19-11-7-17(8-12-19)25-29-20-3-1-2-4-21(20)32-25/h1-12,15H,13-14H2,(H,28,30). The average Bonchev–Trinajstić information content (AvgIpc) is 3.46. The predicted molar refractivity (Wildman–Crippen MR) is 123 cm³/mol. The zero-order chi connectivity index (χ0) is 21.9. The minimum absolute atomic E-state index is 0.120. The first-order valence-electron chi connectivity index (χ1n) is 10.1. The fourth-order valence-electron chi connectivity index (χ4n) is 3.31. The summed E-state index contributed by atoms with van der Waals surface area (Å²) < 4.78 is 11.5. The van der Waals surface area contributed by atoms with Crippen molar-refractivity contribution in [1.29, 1.82) is 0 Å². The molecule has 0 radical (unpaired) electrons. The Morgan fingerprint density at radius 1 is 0.906 bits per heavy atom. The lowest BCUT2D eigenvalue weighted by atomic mass is 10.2. The fraction of sp³-hybridized carbons (Fsp3) is 0.0800. The van der Waals surface area contributed by atoms with E-state index < -0.39 is 0 Å². The first-order chi connectivity index (χ1) is 15.6. The summed E-state index contributed by atoms with van der Waals surface area (Å²) in [5, 5.41) is 3.55. The zero-order valence-electron chi connectivity index (χ0n) is 16.9. The summed E-state index contributed by atoms with van der Waals surface area (Å²) in [6.45, 7) is 0. The molecule has 0 aliphatic carbocycles. The number of halogens is 1. The van der Waals surface area contributed by atoms with Crippen LogP contribution in [0, 0.1) is 0 Å². The van der Waals surface area contributed by atoms with Crippen LogP contribution in [0.15, 0.2) is 87.8 Å². The summed E-state index contributed by atoms with van der Waals surface area (Å²) >= 11 is 5.91. The quantitative estimate of drug-likeness (QED) is 0.329. The van der Waals surface area contributed by atoms with E-state index in [9.17, 15) is 4.79 Å². The third kappa shape index (κ3) is 4.40. The molecule has 2 heterocycles. The Morgan fingerprint density at radius 2 is 1.66 bits per heavy atom. The van der Waals surface area contributed by atoms with Crippen molar-refractivity contribution in [3.05, 3.63) is 89.9 Å². The van der Waals surface area contributed by atoms with Crippen LogP contribution >= 0.6 is 11.6 Å². The smallest absolute Gasteiger partial charge is 0.227 e. The number of nitrogens with zero attached hydrogens (tertiary/aromatic N) is 2. The number of para-hydroxylation sites is 2. The number of carbonyl (C=O) groups is 1. The Hall–Kier alpha value is -3.90. The molecule has 0 atom stereocenters. The van der Waals surface area contributed by atoms with Crippen LogP contribution in [0.4, 0.5) is 5.69 Å². The van der Waals surface area contributed by atoms with Crippen molar-refractivity contribution in [3.8, 4) is 22.8 Å². The lowest BCUT2D eigenvalue weighted by Crippen LogP contribution is -2.12. The predicted octanol–water partition coefficient (Wildman–Crippen LogP) is 6.37. The number of amides is 1. The molecule has 6 nitrogen and oxygen atoms in total. The topological polar surface area (TPSA) is 81.2 Å². The summed E-state index contributed by atoms with van der Waals surface area (Å²) in [6.07, 6.45) is 2.31. The molecule has 0 saturated carbocycles. The van der Waals surface area contributed by atoms with E-state index in [4.69, 9.17) is 20.4 Å². The van der Waals surface area contributed by atoms with Gasteiger partial charge in [-0.05, 0) is 60.7 Å². The zero-order valence-corrected chi connectivity index (χ0v) is 17.7. The van der Waals surface area contributed by atoms with Gasteiger partial charge in [-0.3, -0.25) is 4.79 Å². The Labute approximate surface area is 188 Å². The summed E-state index contributed by atoms with van der Waals surface area (Å²) in [6, 6.07) is 22.3. The van der Waals surface area contributed by atoms with Gasteiger partial charge >= 0.3 is 0 Å². The van der Waals surface area contributed by atoms with Crippen LogP contribution in [-0.2, 0) is 11.2 Å². The number of nitrogens with one attached hydrogen (secondary N) is 1. The Kier molecular flexibility index (Phi) is 5.44. The molecule has 2 aromatic heterocycles. The van der Waals surface area contributed by atoms with Gasteiger partial charge in [0.15, 0.2) is 17.2 Å². The van der Waals surface area contributed by atoms with E-state index in [0.717, 1.165) is 22.2 Å². The summed E-state index contributed by atoms with van der Waals surface area (Å²) in [5.74, 6) is 1.58. The molecule has 5 aromatic rings. The minimum Gasteiger partial charge on any atom is -0.441 e. The maximum absolute atomic E-state index is 12.3. The highest BCUT2D eigenvalue weighted by atomic mass is 35.5. The molecule has 3 aromatic carbocycles. The van der Waals surface area contributed by atoms with E-state index in [-0.39, 0.29) is 12.3 Å². The third-order valence-corrected chi connectivity index (χ3v) is 5.21. The molecule has 0 saturated heterocycles. The lowest BCUT2D eigenvalue weighted by molar-refractivity contribution is -0.116. The van der Waals surface area contributed by atoms with Crippen molar-refractivity contribution in [1.82, 2.24) is 9.97 Å². The molecular formula is C25H18ClN3O3. The van der Waals surface area contributed by atoms with Crippen LogP contribution in [-0.4, -0.2) is 15.9 Å². The van der Waals surface area contributed by atoms with Crippen LogP contribution < -0.4 is 5.32 Å². The molecule has 1 N–H and O–H groups in total. The summed E-state index contributed by atoms with van der Waals surface area (Å²) in [4.78, 5) is 21.1. The van der Waals surface area contributed by atoms with Crippen molar-refractivity contribution in [2.45, 2.75) is 12.8 Å². The molecule has 0 aliphatic heterocycles. The van der Waals surface area contributed by atoms with Crippen LogP contribution in [0.25, 0.3) is 33.9 Å². The van der Waals surface area contributed by atoms with Gasteiger partial charge < -0.3 is 14.2 Å². The van der Waals surface area contributed by atoms with Crippen molar-refractivity contribution in [2.24, 2.45) is 0 Å². The van der Waals surface area contributed by atoms with Gasteiger partial charge in [-0.25, -0.2) is 9.97 Å². The molecule has 5 rings (SSSR count). The number of rotatable bonds is 6. The van der Waals surface area contributed by atoms with Crippen LogP contribution in [0.3, 0.4) is 0 Å². The number of hydrogen-bond donors (Lipinski definition) is 1. The SMILES string of the molecule is O=C(CCc1ncc(-c2ccc(Cl)cc2)o1)Nc1ccc(-c2nc3ccccc3o2)cc1. The van der Waals surface area contributed by atoms with Crippen molar-refractivity contribution in [3.63, 3.8) is 0 Å². The molecule has 0 bridgehead atoms. The molecule has 1 amide bonds. The van der Waals surface area contributed by atoms with Gasteiger partial charge in [0, 0.05) is 34.7 Å². The first-order valence-corrected chi connectivity index (χ1v) is 10.5. The molecule has 0 aliphatic rings. The molecule has 0 fully saturated rings. The van der Waals surface area contributed by atoms with Gasteiger partial charge in [0.25, 0.3) is 0 Å². The maximum atomic E-state index is 12.3. The number of hydrogen-bond acceptors (Lipinski definition) is 5. The van der Waals surface area contributed by atoms with Crippen LogP contribution in [0.5, 0.6) is 0 Å². The Bertz CT molecular complexity index is 1340. The second kappa shape index (κ2) is 8.69. The lowest BCUT2D eigenvalue weighted by Gasteiger charge is -2.05. The number of carbonyl (C=O) groups excluding carboxylic acids is 1. The molecule has 0 spiro atoms. The normalized spacial score (nSPS) is 11.0. The molecule has 32 heavy (non-hydrogen) atoms. The molecule has 7 heteroatoms. The van der Waals surface area contributed by atoms with Crippen molar-refractivity contribution >= 4 is 34.3 Å². The fourth-order valence-corrected chi connectivity index (χ4v) is 3.44. The highest BCUT2D eigenvalue weighted by molar-refractivity contribution is 6.30. The molecule has 0 unspecified atom stereocenters. The average molecular weight is 444 g/mol. The highest BCUT2D eigenvalue weighted by Gasteiger charge is 2.11. The van der Waals surface area contributed by atoms with Gasteiger partial charge in [0.05, 0.1) is 6.20 Å². The van der Waals surface area contributed by atoms with Crippen molar-refractivity contribution in [2.75, 3.05) is 5.32 Å². The van der Waals surface area contributed by atoms with Gasteiger partial charge in [-0.2, -0.15) is 0 Å². The van der Waals surface area contributed by atoms with E-state index in [1.165, 1.54) is 0 Å². The van der Waals surface area contributed by atoms with Gasteiger partial charge in [-0.1, -0.05) is 23.7 Å². The monoisotopic (exact) mass is 443 g/mol. The van der Waals surface area contributed by atoms with E-state index in [2.05, 4.69) is 15.3 Å². The second-order valence-corrected chi connectivity index (χ2v) is 7.67. The number of fused-ring (bicyclic) bond motifs is 1. The largest absolute Gasteiger partial charge is 0.441 e. The minimum atomic E-state index is -0.120. The molecule has 158 valence electrons. The van der Waals surface area contributed by atoms with Gasteiger partial charge in [-0.15, -0.1) is 0 Å². The van der Waals surface area contributed by atoms with E-state index in [1.54, 1.807) is 18.3 Å². The molecular weight excluding hydrogens is 426 g/mol. The van der Waals surface area contributed by atoms with Gasteiger partial charge in [0.1, 0.15) is 5.52 Å². The van der Waals surface area contributed by atoms with Crippen molar-refractivity contribution < 1.29 is 13.6 Å². The Balaban J connectivity index is 1.18. The second-order valence-electron chi connectivity index (χ2n) is 7.24. The van der Waals surface area contributed by atoms with Crippen LogP contribution in [0.2, 0.25) is 5.02 Å². The van der Waals surface area contributed by atoms with E-state index >= 15 is 0 Å². The number of benzene rings is 3. The van der Waals surface area contributed by atoms with E-state index in [1.807, 2.05) is 60.7 Å². The maximum Gasteiger partial charge on any atom is 0.227 e. The number of oxazole rings is 2. The summed E-state index contributed by atoms with van der Waals surface area (Å²) in [7, 11) is 0. The number of aromatic nitrogens is 2. The van der Waals surface area contributed by atoms with Gasteiger partial charge in [0.2, 0.25) is 11.8 Å². The summed E-state index contributed by atoms with van der Waals surface area (Å²) in [5.41, 5.74) is 3.98. The van der Waals surface area contributed by atoms with E-state index in [0.29, 0.717) is 34.7 Å². The first kappa shape index (κ1) is 20.0.